The van der Waals surface area contributed by atoms with Crippen molar-refractivity contribution in [2.75, 3.05) is 0 Å². The summed E-state index contributed by atoms with van der Waals surface area (Å²) in [5, 5.41) is 8.25. The summed E-state index contributed by atoms with van der Waals surface area (Å²) in [5.74, 6) is 1.58. The molecule has 0 aliphatic rings. The van der Waals surface area contributed by atoms with Crippen LogP contribution in [-0.4, -0.2) is 14.8 Å². The molecule has 2 rings (SSSR count). The predicted molar refractivity (Wildman–Crippen MR) is 72.9 cm³/mol. The quantitative estimate of drug-likeness (QED) is 0.921. The fraction of sp³-hybridized carbons (Fsp3) is 0.429. The van der Waals surface area contributed by atoms with E-state index in [1.54, 1.807) is 0 Å². The van der Waals surface area contributed by atoms with Crippen molar-refractivity contribution in [1.82, 2.24) is 14.8 Å². The molecule has 19 heavy (non-hydrogen) atoms. The highest BCUT2D eigenvalue weighted by molar-refractivity contribution is 5.56. The van der Waals surface area contributed by atoms with Gasteiger partial charge < -0.3 is 10.3 Å². The Morgan fingerprint density at radius 3 is 2.58 bits per heavy atom. The first-order valence-corrected chi connectivity index (χ1v) is 6.41. The molecule has 1 aromatic heterocycles. The molecular formula is C14H19FN4. The molecule has 2 aromatic rings. The van der Waals surface area contributed by atoms with Crippen molar-refractivity contribution in [2.24, 2.45) is 11.7 Å². The van der Waals surface area contributed by atoms with Crippen LogP contribution in [-0.2, 0) is 13.1 Å². The average Bonchev–Trinajstić information content (AvgIpc) is 2.69. The van der Waals surface area contributed by atoms with Gasteiger partial charge in [-0.15, -0.1) is 10.2 Å². The van der Waals surface area contributed by atoms with Crippen molar-refractivity contribution < 1.29 is 4.39 Å². The summed E-state index contributed by atoms with van der Waals surface area (Å²) >= 11 is 0. The fourth-order valence-corrected chi connectivity index (χ4v) is 2.12. The third kappa shape index (κ3) is 2.98. The molecule has 0 amide bonds. The maximum atomic E-state index is 13.5. The Hall–Kier alpha value is -1.75. The predicted octanol–water partition coefficient (Wildman–Crippen LogP) is 2.51. The number of benzene rings is 1. The molecule has 0 bridgehead atoms. The Morgan fingerprint density at radius 2 is 2.00 bits per heavy atom. The summed E-state index contributed by atoms with van der Waals surface area (Å²) in [6.45, 7) is 7.18. The van der Waals surface area contributed by atoms with Gasteiger partial charge in [0, 0.05) is 12.1 Å². The number of hydrogen-bond donors (Lipinski definition) is 1. The lowest BCUT2D eigenvalue weighted by Crippen LogP contribution is -2.13. The lowest BCUT2D eigenvalue weighted by Gasteiger charge is -2.12. The van der Waals surface area contributed by atoms with Crippen LogP contribution < -0.4 is 5.73 Å². The first-order valence-electron chi connectivity index (χ1n) is 6.41. The topological polar surface area (TPSA) is 56.7 Å². The number of halogens is 1. The highest BCUT2D eigenvalue weighted by Gasteiger charge is 2.14. The lowest BCUT2D eigenvalue weighted by atomic mass is 10.1. The smallest absolute Gasteiger partial charge is 0.164 e. The molecule has 1 aromatic carbocycles. The highest BCUT2D eigenvalue weighted by Crippen LogP contribution is 2.22. The zero-order chi connectivity index (χ0) is 14.0. The number of rotatable bonds is 4. The number of aromatic nitrogens is 3. The van der Waals surface area contributed by atoms with Crippen molar-refractivity contribution in [3.05, 3.63) is 35.4 Å². The summed E-state index contributed by atoms with van der Waals surface area (Å²) in [6, 6.07) is 4.88. The van der Waals surface area contributed by atoms with E-state index in [-0.39, 0.29) is 5.82 Å². The molecule has 4 nitrogen and oxygen atoms in total. The maximum absolute atomic E-state index is 13.5. The van der Waals surface area contributed by atoms with E-state index in [9.17, 15) is 4.39 Å². The summed E-state index contributed by atoms with van der Waals surface area (Å²) in [6.07, 6.45) is 0. The summed E-state index contributed by atoms with van der Waals surface area (Å²) < 4.78 is 15.5. The second-order valence-corrected chi connectivity index (χ2v) is 5.17. The van der Waals surface area contributed by atoms with Crippen molar-refractivity contribution in [3.8, 4) is 11.4 Å². The Labute approximate surface area is 112 Å². The van der Waals surface area contributed by atoms with E-state index in [1.165, 1.54) is 12.1 Å². The fourth-order valence-electron chi connectivity index (χ4n) is 2.12. The zero-order valence-electron chi connectivity index (χ0n) is 11.5. The number of nitrogens with zero attached hydrogens (tertiary/aromatic N) is 3. The van der Waals surface area contributed by atoms with Gasteiger partial charge in [0.1, 0.15) is 11.6 Å². The third-order valence-corrected chi connectivity index (χ3v) is 2.86. The van der Waals surface area contributed by atoms with E-state index >= 15 is 0 Å². The van der Waals surface area contributed by atoms with Gasteiger partial charge in [0.2, 0.25) is 0 Å². The second-order valence-electron chi connectivity index (χ2n) is 5.17. The van der Waals surface area contributed by atoms with Gasteiger partial charge in [0.25, 0.3) is 0 Å². The van der Waals surface area contributed by atoms with Crippen LogP contribution in [0.1, 0.15) is 25.2 Å². The molecule has 0 saturated carbocycles. The molecule has 0 spiro atoms. The Bertz CT molecular complexity index is 555. The van der Waals surface area contributed by atoms with Gasteiger partial charge in [-0.25, -0.2) is 4.39 Å². The van der Waals surface area contributed by atoms with Gasteiger partial charge in [0.05, 0.1) is 6.54 Å². The molecule has 5 heteroatoms. The van der Waals surface area contributed by atoms with Crippen LogP contribution in [0, 0.1) is 18.7 Å². The molecule has 102 valence electrons. The molecule has 0 saturated heterocycles. The number of hydrogen-bond acceptors (Lipinski definition) is 3. The summed E-state index contributed by atoms with van der Waals surface area (Å²) in [4.78, 5) is 0. The molecule has 1 heterocycles. The Morgan fingerprint density at radius 1 is 1.26 bits per heavy atom. The molecule has 0 atom stereocenters. The van der Waals surface area contributed by atoms with Crippen LogP contribution in [0.25, 0.3) is 11.4 Å². The SMILES string of the molecule is Cc1cc(F)cc(-c2nnc(CN)n2CC(C)C)c1. The zero-order valence-corrected chi connectivity index (χ0v) is 11.5. The van der Waals surface area contributed by atoms with Gasteiger partial charge in [-0.3, -0.25) is 0 Å². The standard InChI is InChI=1S/C14H19FN4/c1-9(2)8-19-13(7-16)17-18-14(19)11-4-10(3)5-12(15)6-11/h4-6,9H,7-8,16H2,1-3H3. The van der Waals surface area contributed by atoms with Gasteiger partial charge in [-0.1, -0.05) is 13.8 Å². The molecular weight excluding hydrogens is 243 g/mol. The number of aryl methyl sites for hydroxylation is 1. The monoisotopic (exact) mass is 262 g/mol. The summed E-state index contributed by atoms with van der Waals surface area (Å²) in [5.41, 5.74) is 7.29. The minimum Gasteiger partial charge on any atom is -0.324 e. The molecule has 0 aliphatic carbocycles. The molecule has 0 aliphatic heterocycles. The van der Waals surface area contributed by atoms with Gasteiger partial charge >= 0.3 is 0 Å². The van der Waals surface area contributed by atoms with Crippen LogP contribution in [0.3, 0.4) is 0 Å². The van der Waals surface area contributed by atoms with Crippen molar-refractivity contribution in [1.29, 1.82) is 0 Å². The molecule has 0 radical (unpaired) electrons. The first-order chi connectivity index (χ1) is 9.01. The minimum absolute atomic E-state index is 0.261. The van der Waals surface area contributed by atoms with Gasteiger partial charge in [-0.05, 0) is 36.6 Å². The largest absolute Gasteiger partial charge is 0.324 e. The van der Waals surface area contributed by atoms with Crippen LogP contribution in [0.15, 0.2) is 18.2 Å². The van der Waals surface area contributed by atoms with Crippen LogP contribution in [0.2, 0.25) is 0 Å². The van der Waals surface area contributed by atoms with E-state index in [1.807, 2.05) is 17.6 Å². The van der Waals surface area contributed by atoms with E-state index < -0.39 is 0 Å². The van der Waals surface area contributed by atoms with Gasteiger partial charge in [0.15, 0.2) is 5.82 Å². The Kier molecular flexibility index (Phi) is 3.95. The Balaban J connectivity index is 2.51. The molecule has 0 fully saturated rings. The van der Waals surface area contributed by atoms with E-state index in [4.69, 9.17) is 5.73 Å². The lowest BCUT2D eigenvalue weighted by molar-refractivity contribution is 0.510. The number of nitrogens with two attached hydrogens (primary N) is 1. The molecule has 0 unspecified atom stereocenters. The minimum atomic E-state index is -0.261. The van der Waals surface area contributed by atoms with Crippen LogP contribution in [0.5, 0.6) is 0 Å². The van der Waals surface area contributed by atoms with Crippen molar-refractivity contribution >= 4 is 0 Å². The third-order valence-electron chi connectivity index (χ3n) is 2.86. The van der Waals surface area contributed by atoms with Crippen LogP contribution >= 0.6 is 0 Å². The normalized spacial score (nSPS) is 11.3. The average molecular weight is 262 g/mol. The van der Waals surface area contributed by atoms with Gasteiger partial charge in [-0.2, -0.15) is 0 Å². The van der Waals surface area contributed by atoms with E-state index in [2.05, 4.69) is 24.0 Å². The summed E-state index contributed by atoms with van der Waals surface area (Å²) in [7, 11) is 0. The van der Waals surface area contributed by atoms with Crippen molar-refractivity contribution in [2.45, 2.75) is 33.9 Å². The van der Waals surface area contributed by atoms with Crippen molar-refractivity contribution in [3.63, 3.8) is 0 Å². The van der Waals surface area contributed by atoms with Crippen LogP contribution in [0.4, 0.5) is 4.39 Å². The maximum Gasteiger partial charge on any atom is 0.164 e. The molecule has 2 N–H and O–H groups in total. The first kappa shape index (κ1) is 13.7. The second kappa shape index (κ2) is 5.48. The highest BCUT2D eigenvalue weighted by atomic mass is 19.1. The van der Waals surface area contributed by atoms with E-state index in [0.717, 1.165) is 23.5 Å². The van der Waals surface area contributed by atoms with E-state index in [0.29, 0.717) is 18.3 Å².